The topological polar surface area (TPSA) is 30.5 Å². The molecule has 2 aliphatic heterocycles. The Hall–Kier alpha value is -0.610. The highest BCUT2D eigenvalue weighted by Gasteiger charge is 2.43. The molecule has 3 nitrogen and oxygen atoms in total. The highest BCUT2D eigenvalue weighted by Crippen LogP contribution is 2.41. The molecule has 0 radical (unpaired) electrons. The van der Waals surface area contributed by atoms with Crippen LogP contribution in [0.1, 0.15) is 36.4 Å². The molecule has 3 rings (SSSR count). The summed E-state index contributed by atoms with van der Waals surface area (Å²) in [6, 6.07) is 6.72. The highest BCUT2D eigenvalue weighted by atomic mass is 35.5. The zero-order chi connectivity index (χ0) is 14.9. The number of hydrogen-bond acceptors (Lipinski definition) is 3. The smallest absolute Gasteiger partial charge is 0.0940 e. The first-order valence-corrected chi connectivity index (χ1v) is 8.16. The molecule has 1 spiro atoms. The van der Waals surface area contributed by atoms with E-state index >= 15 is 0 Å². The maximum atomic E-state index is 6.30. The van der Waals surface area contributed by atoms with E-state index in [0.717, 1.165) is 49.7 Å². The fraction of sp³-hybridized carbons (Fsp3) is 0.647. The summed E-state index contributed by atoms with van der Waals surface area (Å²) in [5.41, 5.74) is 2.35. The standard InChI is InChI=1S/C17H24ClNO2/c1-12-3-4-13(9-15(12)18)16(19-2)14-5-7-21-17(10-14)6-8-20-11-17/h3-4,9,14,16,19H,5-8,10-11H2,1-2H3. The minimum Gasteiger partial charge on any atom is -0.378 e. The van der Waals surface area contributed by atoms with Gasteiger partial charge >= 0.3 is 0 Å². The second-order valence-electron chi connectivity index (χ2n) is 6.36. The average Bonchev–Trinajstić information content (AvgIpc) is 2.91. The second-order valence-corrected chi connectivity index (χ2v) is 6.77. The SMILES string of the molecule is CNC(c1ccc(C)c(Cl)c1)C1CCOC2(CCOC2)C1. The molecular weight excluding hydrogens is 286 g/mol. The van der Waals surface area contributed by atoms with Gasteiger partial charge in [0, 0.05) is 30.7 Å². The van der Waals surface area contributed by atoms with Gasteiger partial charge in [-0.1, -0.05) is 23.7 Å². The Morgan fingerprint density at radius 2 is 2.24 bits per heavy atom. The van der Waals surface area contributed by atoms with E-state index in [2.05, 4.69) is 23.5 Å². The van der Waals surface area contributed by atoms with Gasteiger partial charge in [-0.05, 0) is 49.9 Å². The largest absolute Gasteiger partial charge is 0.378 e. The first-order valence-electron chi connectivity index (χ1n) is 7.79. The predicted molar refractivity (Wildman–Crippen MR) is 84.8 cm³/mol. The van der Waals surface area contributed by atoms with Crippen molar-refractivity contribution in [2.24, 2.45) is 5.92 Å². The van der Waals surface area contributed by atoms with Crippen molar-refractivity contribution in [3.05, 3.63) is 34.3 Å². The predicted octanol–water partition coefficient (Wildman–Crippen LogP) is 3.49. The summed E-state index contributed by atoms with van der Waals surface area (Å²) in [4.78, 5) is 0. The van der Waals surface area contributed by atoms with Crippen LogP contribution in [0.3, 0.4) is 0 Å². The zero-order valence-electron chi connectivity index (χ0n) is 12.8. The third-order valence-electron chi connectivity index (χ3n) is 4.94. The molecular formula is C17H24ClNO2. The van der Waals surface area contributed by atoms with E-state index in [1.54, 1.807) is 0 Å². The molecule has 1 aromatic carbocycles. The van der Waals surface area contributed by atoms with Crippen LogP contribution < -0.4 is 5.32 Å². The number of nitrogens with one attached hydrogen (secondary N) is 1. The number of rotatable bonds is 3. The van der Waals surface area contributed by atoms with E-state index in [-0.39, 0.29) is 5.60 Å². The van der Waals surface area contributed by atoms with Gasteiger partial charge in [0.05, 0.1) is 12.2 Å². The lowest BCUT2D eigenvalue weighted by Gasteiger charge is -2.40. The molecule has 0 amide bonds. The number of ether oxygens (including phenoxy) is 2. The highest BCUT2D eigenvalue weighted by molar-refractivity contribution is 6.31. The van der Waals surface area contributed by atoms with Crippen LogP contribution >= 0.6 is 11.6 Å². The molecule has 2 aliphatic rings. The summed E-state index contributed by atoms with van der Waals surface area (Å²) in [7, 11) is 2.03. The average molecular weight is 310 g/mol. The van der Waals surface area contributed by atoms with E-state index < -0.39 is 0 Å². The van der Waals surface area contributed by atoms with Gasteiger partial charge in [-0.3, -0.25) is 0 Å². The monoisotopic (exact) mass is 309 g/mol. The molecule has 1 aromatic rings. The fourth-order valence-corrected chi connectivity index (χ4v) is 3.88. The molecule has 3 unspecified atom stereocenters. The Balaban J connectivity index is 1.80. The zero-order valence-corrected chi connectivity index (χ0v) is 13.6. The Morgan fingerprint density at radius 1 is 1.38 bits per heavy atom. The van der Waals surface area contributed by atoms with Crippen molar-refractivity contribution in [3.63, 3.8) is 0 Å². The van der Waals surface area contributed by atoms with Crippen LogP contribution in [-0.4, -0.2) is 32.5 Å². The van der Waals surface area contributed by atoms with Crippen molar-refractivity contribution in [3.8, 4) is 0 Å². The van der Waals surface area contributed by atoms with Gasteiger partial charge in [-0.2, -0.15) is 0 Å². The molecule has 2 saturated heterocycles. The van der Waals surface area contributed by atoms with Crippen molar-refractivity contribution < 1.29 is 9.47 Å². The molecule has 2 heterocycles. The van der Waals surface area contributed by atoms with Crippen molar-refractivity contribution in [2.45, 2.75) is 37.8 Å². The van der Waals surface area contributed by atoms with E-state index in [1.165, 1.54) is 5.56 Å². The van der Waals surface area contributed by atoms with Gasteiger partial charge in [0.15, 0.2) is 0 Å². The Kier molecular flexibility index (Phi) is 4.55. The fourth-order valence-electron chi connectivity index (χ4n) is 3.69. The van der Waals surface area contributed by atoms with Gasteiger partial charge in [-0.25, -0.2) is 0 Å². The Bertz CT molecular complexity index is 500. The lowest BCUT2D eigenvalue weighted by atomic mass is 9.79. The van der Waals surface area contributed by atoms with Crippen LogP contribution in [0.15, 0.2) is 18.2 Å². The van der Waals surface area contributed by atoms with E-state index in [0.29, 0.717) is 12.0 Å². The van der Waals surface area contributed by atoms with Gasteiger partial charge in [0.2, 0.25) is 0 Å². The molecule has 4 heteroatoms. The minimum atomic E-state index is -0.0491. The van der Waals surface area contributed by atoms with Crippen LogP contribution in [0, 0.1) is 12.8 Å². The second kappa shape index (κ2) is 6.25. The lowest BCUT2D eigenvalue weighted by Crippen LogP contribution is -2.43. The van der Waals surface area contributed by atoms with Crippen molar-refractivity contribution >= 4 is 11.6 Å². The lowest BCUT2D eigenvalue weighted by molar-refractivity contribution is -0.103. The van der Waals surface area contributed by atoms with Gasteiger partial charge < -0.3 is 14.8 Å². The molecule has 2 fully saturated rings. The van der Waals surface area contributed by atoms with E-state index in [4.69, 9.17) is 21.1 Å². The van der Waals surface area contributed by atoms with Crippen LogP contribution in [0.4, 0.5) is 0 Å². The van der Waals surface area contributed by atoms with E-state index in [1.807, 2.05) is 14.0 Å². The third kappa shape index (κ3) is 3.11. The molecule has 116 valence electrons. The van der Waals surface area contributed by atoms with Crippen LogP contribution in [0.5, 0.6) is 0 Å². The third-order valence-corrected chi connectivity index (χ3v) is 5.34. The maximum Gasteiger partial charge on any atom is 0.0940 e. The van der Waals surface area contributed by atoms with Crippen molar-refractivity contribution in [2.75, 3.05) is 26.9 Å². The van der Waals surface area contributed by atoms with Gasteiger partial charge in [-0.15, -0.1) is 0 Å². The van der Waals surface area contributed by atoms with Crippen LogP contribution in [-0.2, 0) is 9.47 Å². The molecule has 0 aromatic heterocycles. The summed E-state index contributed by atoms with van der Waals surface area (Å²) in [6.45, 7) is 4.44. The maximum absolute atomic E-state index is 6.30. The number of aryl methyl sites for hydroxylation is 1. The first kappa shape index (κ1) is 15.3. The summed E-state index contributed by atoms with van der Waals surface area (Å²) >= 11 is 6.30. The summed E-state index contributed by atoms with van der Waals surface area (Å²) in [5, 5.41) is 4.33. The van der Waals surface area contributed by atoms with Gasteiger partial charge in [0.25, 0.3) is 0 Å². The van der Waals surface area contributed by atoms with E-state index in [9.17, 15) is 0 Å². The molecule has 0 bridgehead atoms. The Labute approximate surface area is 132 Å². The summed E-state index contributed by atoms with van der Waals surface area (Å²) in [6.07, 6.45) is 3.16. The summed E-state index contributed by atoms with van der Waals surface area (Å²) < 4.78 is 11.6. The molecule has 21 heavy (non-hydrogen) atoms. The molecule has 0 saturated carbocycles. The Morgan fingerprint density at radius 3 is 2.90 bits per heavy atom. The quantitative estimate of drug-likeness (QED) is 0.927. The normalized spacial score (nSPS) is 30.7. The number of hydrogen-bond donors (Lipinski definition) is 1. The van der Waals surface area contributed by atoms with Crippen molar-refractivity contribution in [1.29, 1.82) is 0 Å². The number of halogens is 1. The van der Waals surface area contributed by atoms with Crippen molar-refractivity contribution in [1.82, 2.24) is 5.32 Å². The minimum absolute atomic E-state index is 0.0491. The first-order chi connectivity index (χ1) is 10.1. The molecule has 0 aliphatic carbocycles. The summed E-state index contributed by atoms with van der Waals surface area (Å²) in [5.74, 6) is 0.559. The molecule has 1 N–H and O–H groups in total. The van der Waals surface area contributed by atoms with Crippen LogP contribution in [0.2, 0.25) is 5.02 Å². The number of benzene rings is 1. The molecule has 3 atom stereocenters. The van der Waals surface area contributed by atoms with Crippen LogP contribution in [0.25, 0.3) is 0 Å². The van der Waals surface area contributed by atoms with Gasteiger partial charge in [0.1, 0.15) is 0 Å².